The molecule has 0 heterocycles. The third kappa shape index (κ3) is 2.11. The molecule has 0 fully saturated rings. The van der Waals surface area contributed by atoms with Crippen LogP contribution in [0.2, 0.25) is 0 Å². The van der Waals surface area contributed by atoms with Crippen LogP contribution in [0.1, 0.15) is 26.2 Å². The summed E-state index contributed by atoms with van der Waals surface area (Å²) >= 11 is 0. The van der Waals surface area contributed by atoms with Gasteiger partial charge in [0.2, 0.25) is 0 Å². The molecule has 0 bridgehead atoms. The smallest absolute Gasteiger partial charge is 0.0128 e. The minimum Gasteiger partial charge on any atom is -0.381 e. The third-order valence-electron chi connectivity index (χ3n) is 2.24. The number of allylic oxidation sites excluding steroid dienone is 3. The summed E-state index contributed by atoms with van der Waals surface area (Å²) in [7, 11) is 4.23. The molecule has 1 aliphatic rings. The van der Waals surface area contributed by atoms with Gasteiger partial charge in [0.15, 0.2) is 0 Å². The number of nitrogens with zero attached hydrogens (tertiary/aromatic N) is 1. The Morgan fingerprint density at radius 1 is 1.45 bits per heavy atom. The summed E-state index contributed by atoms with van der Waals surface area (Å²) in [6, 6.07) is 0. The van der Waals surface area contributed by atoms with Gasteiger partial charge in [0, 0.05) is 26.2 Å². The van der Waals surface area contributed by atoms with E-state index in [1.54, 1.807) is 5.57 Å². The van der Waals surface area contributed by atoms with Gasteiger partial charge in [-0.15, -0.1) is 0 Å². The molecule has 1 nitrogen and oxygen atoms in total. The second kappa shape index (κ2) is 3.61. The van der Waals surface area contributed by atoms with Crippen molar-refractivity contribution in [2.45, 2.75) is 26.2 Å². The molecule has 0 spiro atoms. The lowest BCUT2D eigenvalue weighted by Crippen LogP contribution is -2.13. The van der Waals surface area contributed by atoms with Gasteiger partial charge in [-0.2, -0.15) is 0 Å². The first kappa shape index (κ1) is 8.38. The van der Waals surface area contributed by atoms with Crippen LogP contribution in [0.3, 0.4) is 0 Å². The highest BCUT2D eigenvalue weighted by molar-refractivity contribution is 5.18. The van der Waals surface area contributed by atoms with Crippen molar-refractivity contribution < 1.29 is 0 Å². The minimum atomic E-state index is 1.16. The van der Waals surface area contributed by atoms with Crippen LogP contribution in [-0.2, 0) is 0 Å². The molecule has 1 aliphatic carbocycles. The molecule has 0 aromatic rings. The highest BCUT2D eigenvalue weighted by atomic mass is 15.1. The molecule has 0 saturated heterocycles. The van der Waals surface area contributed by atoms with E-state index >= 15 is 0 Å². The Balaban J connectivity index is 2.63. The van der Waals surface area contributed by atoms with Crippen LogP contribution >= 0.6 is 0 Å². The molecule has 0 aliphatic heterocycles. The molecule has 1 rings (SSSR count). The Morgan fingerprint density at radius 3 is 2.73 bits per heavy atom. The fourth-order valence-electron chi connectivity index (χ4n) is 1.40. The van der Waals surface area contributed by atoms with Crippen LogP contribution in [0.5, 0.6) is 0 Å². The normalized spacial score (nSPS) is 21.7. The summed E-state index contributed by atoms with van der Waals surface area (Å²) in [4.78, 5) is 2.21. The molecule has 0 N–H and O–H groups in total. The van der Waals surface area contributed by atoms with Gasteiger partial charge in [-0.1, -0.05) is 17.7 Å². The zero-order chi connectivity index (χ0) is 8.27. The van der Waals surface area contributed by atoms with Crippen molar-refractivity contribution in [1.29, 1.82) is 0 Å². The number of hydrogen-bond acceptors (Lipinski definition) is 1. The largest absolute Gasteiger partial charge is 0.381 e. The Kier molecular flexibility index (Phi) is 2.75. The van der Waals surface area contributed by atoms with E-state index in [2.05, 4.69) is 38.1 Å². The van der Waals surface area contributed by atoms with Crippen molar-refractivity contribution in [3.8, 4) is 0 Å². The minimum absolute atomic E-state index is 1.16. The predicted octanol–water partition coefficient (Wildman–Crippen LogP) is 2.56. The zero-order valence-corrected chi connectivity index (χ0v) is 7.72. The average molecular weight is 151 g/mol. The van der Waals surface area contributed by atoms with Crippen LogP contribution in [0.25, 0.3) is 0 Å². The van der Waals surface area contributed by atoms with Crippen molar-refractivity contribution in [3.05, 3.63) is 23.4 Å². The van der Waals surface area contributed by atoms with Crippen molar-refractivity contribution in [3.63, 3.8) is 0 Å². The van der Waals surface area contributed by atoms with E-state index in [4.69, 9.17) is 0 Å². The summed E-state index contributed by atoms with van der Waals surface area (Å²) in [5, 5.41) is 0. The fraction of sp³-hybridized carbons (Fsp3) is 0.600. The summed E-state index contributed by atoms with van der Waals surface area (Å²) in [6.07, 6.45) is 8.22. The monoisotopic (exact) mass is 151 g/mol. The first-order chi connectivity index (χ1) is 5.24. The van der Waals surface area contributed by atoms with Gasteiger partial charge < -0.3 is 4.90 Å². The highest BCUT2D eigenvalue weighted by Gasteiger charge is 2.08. The highest BCUT2D eigenvalue weighted by Crippen LogP contribution is 2.23. The maximum Gasteiger partial charge on any atom is 0.0128 e. The molecule has 0 saturated carbocycles. The molecule has 0 aromatic heterocycles. The first-order valence-corrected chi connectivity index (χ1v) is 4.24. The van der Waals surface area contributed by atoms with Crippen molar-refractivity contribution in [2.24, 2.45) is 0 Å². The molecular weight excluding hydrogens is 134 g/mol. The zero-order valence-electron chi connectivity index (χ0n) is 7.72. The van der Waals surface area contributed by atoms with Gasteiger partial charge in [0.1, 0.15) is 0 Å². The molecule has 0 amide bonds. The number of hydrogen-bond donors (Lipinski definition) is 0. The topological polar surface area (TPSA) is 3.24 Å². The molecule has 62 valence electrons. The van der Waals surface area contributed by atoms with Crippen molar-refractivity contribution >= 4 is 0 Å². The van der Waals surface area contributed by atoms with Gasteiger partial charge in [-0.25, -0.2) is 0 Å². The molecule has 11 heavy (non-hydrogen) atoms. The van der Waals surface area contributed by atoms with Gasteiger partial charge in [-0.05, 0) is 19.8 Å². The molecule has 1 heteroatoms. The molecular formula is C10H17N. The van der Waals surface area contributed by atoms with Crippen molar-refractivity contribution in [1.82, 2.24) is 4.90 Å². The van der Waals surface area contributed by atoms with Crippen LogP contribution in [-0.4, -0.2) is 19.0 Å². The Bertz CT molecular complexity index is 187. The SMILES string of the molecule is C/C=C1/CCC=C(N(C)C)C1. The van der Waals surface area contributed by atoms with Crippen LogP contribution in [0.4, 0.5) is 0 Å². The average Bonchev–Trinajstić information content (AvgIpc) is 2.05. The first-order valence-electron chi connectivity index (χ1n) is 4.24. The van der Waals surface area contributed by atoms with E-state index in [0.29, 0.717) is 0 Å². The van der Waals surface area contributed by atoms with Gasteiger partial charge >= 0.3 is 0 Å². The Morgan fingerprint density at radius 2 is 2.18 bits per heavy atom. The molecule has 0 aromatic carbocycles. The van der Waals surface area contributed by atoms with E-state index in [1.807, 2.05) is 0 Å². The summed E-state index contributed by atoms with van der Waals surface area (Å²) < 4.78 is 0. The van der Waals surface area contributed by atoms with Gasteiger partial charge in [0.05, 0.1) is 0 Å². The maximum absolute atomic E-state index is 2.34. The van der Waals surface area contributed by atoms with Crippen LogP contribution < -0.4 is 0 Å². The lowest BCUT2D eigenvalue weighted by atomic mass is 9.98. The summed E-state index contributed by atoms with van der Waals surface area (Å²) in [5.74, 6) is 0. The lowest BCUT2D eigenvalue weighted by molar-refractivity contribution is 0.485. The summed E-state index contributed by atoms with van der Waals surface area (Å²) in [6.45, 7) is 2.13. The molecule has 0 radical (unpaired) electrons. The molecule has 0 atom stereocenters. The van der Waals surface area contributed by atoms with E-state index < -0.39 is 0 Å². The quantitative estimate of drug-likeness (QED) is 0.521. The standard InChI is InChI=1S/C10H17N/c1-4-9-6-5-7-10(8-9)11(2)3/h4,7H,5-6,8H2,1-3H3/b9-4-. The fourth-order valence-corrected chi connectivity index (χ4v) is 1.40. The number of rotatable bonds is 1. The van der Waals surface area contributed by atoms with Crippen molar-refractivity contribution in [2.75, 3.05) is 14.1 Å². The maximum atomic E-state index is 2.34. The Hall–Kier alpha value is -0.720. The van der Waals surface area contributed by atoms with Gasteiger partial charge in [0.25, 0.3) is 0 Å². The lowest BCUT2D eigenvalue weighted by Gasteiger charge is -2.22. The molecule has 0 unspecified atom stereocenters. The van der Waals surface area contributed by atoms with Crippen LogP contribution in [0, 0.1) is 0 Å². The third-order valence-corrected chi connectivity index (χ3v) is 2.24. The van der Waals surface area contributed by atoms with E-state index in [9.17, 15) is 0 Å². The van der Waals surface area contributed by atoms with E-state index in [0.717, 1.165) is 6.42 Å². The van der Waals surface area contributed by atoms with E-state index in [1.165, 1.54) is 18.5 Å². The van der Waals surface area contributed by atoms with E-state index in [-0.39, 0.29) is 0 Å². The second-order valence-electron chi connectivity index (χ2n) is 3.25. The predicted molar refractivity (Wildman–Crippen MR) is 49.4 cm³/mol. The van der Waals surface area contributed by atoms with Crippen LogP contribution in [0.15, 0.2) is 23.4 Å². The Labute approximate surface area is 69.4 Å². The summed E-state index contributed by atoms with van der Waals surface area (Å²) in [5.41, 5.74) is 3.04. The van der Waals surface area contributed by atoms with Gasteiger partial charge in [-0.3, -0.25) is 0 Å². The second-order valence-corrected chi connectivity index (χ2v) is 3.25.